The van der Waals surface area contributed by atoms with Crippen molar-refractivity contribution in [1.29, 1.82) is 0 Å². The topological polar surface area (TPSA) is 60.6 Å². The third kappa shape index (κ3) is 5.58. The van der Waals surface area contributed by atoms with E-state index in [2.05, 4.69) is 56.6 Å². The number of rotatable bonds is 9. The van der Waals surface area contributed by atoms with E-state index in [0.717, 1.165) is 36.0 Å². The van der Waals surface area contributed by atoms with Gasteiger partial charge >= 0.3 is 0 Å². The van der Waals surface area contributed by atoms with Gasteiger partial charge in [-0.25, -0.2) is 4.68 Å². The number of nitrogens with zero attached hydrogens (tertiary/aromatic N) is 5. The fourth-order valence-electron chi connectivity index (χ4n) is 3.67. The van der Waals surface area contributed by atoms with Crippen LogP contribution in [0.3, 0.4) is 0 Å². The number of fused-ring (bicyclic) bond motifs is 1. The van der Waals surface area contributed by atoms with Gasteiger partial charge in [-0.05, 0) is 59.6 Å². The highest BCUT2D eigenvalue weighted by Gasteiger charge is 2.15. The fourth-order valence-corrected chi connectivity index (χ4v) is 4.92. The molecule has 32 heavy (non-hydrogen) atoms. The van der Waals surface area contributed by atoms with Crippen molar-refractivity contribution in [2.75, 3.05) is 12.3 Å². The molecule has 0 fully saturated rings. The molecule has 0 amide bonds. The number of nitrogens with one attached hydrogen (secondary N) is 1. The third-order valence-corrected chi connectivity index (χ3v) is 7.00. The standard InChI is InChI=1S/C22H24Cl2N6S.ClH/c1-15-19(13-25-10-5-11-31-22-26-27-28-29(22)2)18-6-3-4-7-21(18)30(15)14-16-8-9-17(23)12-20(16)24;/h3-4,6-9,12,25H,5,10-11,13-14H2,1-2H3;1H. The van der Waals surface area contributed by atoms with E-state index in [9.17, 15) is 0 Å². The summed E-state index contributed by atoms with van der Waals surface area (Å²) in [6.07, 6.45) is 1.04. The Morgan fingerprint density at radius 1 is 1.12 bits per heavy atom. The summed E-state index contributed by atoms with van der Waals surface area (Å²) in [7, 11) is 1.86. The van der Waals surface area contributed by atoms with E-state index in [1.54, 1.807) is 22.5 Å². The monoisotopic (exact) mass is 510 g/mol. The minimum absolute atomic E-state index is 0. The van der Waals surface area contributed by atoms with Crippen LogP contribution in [0.1, 0.15) is 23.2 Å². The molecule has 0 atom stereocenters. The van der Waals surface area contributed by atoms with Gasteiger partial charge in [-0.3, -0.25) is 0 Å². The molecular weight excluding hydrogens is 487 g/mol. The van der Waals surface area contributed by atoms with Crippen molar-refractivity contribution in [2.24, 2.45) is 7.05 Å². The molecule has 2 aromatic carbocycles. The summed E-state index contributed by atoms with van der Waals surface area (Å²) in [5, 5.41) is 18.6. The quantitative estimate of drug-likeness (QED) is 0.237. The molecule has 0 saturated carbocycles. The lowest BCUT2D eigenvalue weighted by atomic mass is 10.1. The van der Waals surface area contributed by atoms with Crippen molar-refractivity contribution in [3.05, 3.63) is 69.3 Å². The molecule has 2 aromatic heterocycles. The van der Waals surface area contributed by atoms with Gasteiger partial charge < -0.3 is 9.88 Å². The molecule has 6 nitrogen and oxygen atoms in total. The van der Waals surface area contributed by atoms with E-state index in [-0.39, 0.29) is 12.4 Å². The Kier molecular flexibility index (Phi) is 8.85. The predicted molar refractivity (Wildman–Crippen MR) is 135 cm³/mol. The first-order valence-corrected chi connectivity index (χ1v) is 11.8. The zero-order valence-electron chi connectivity index (χ0n) is 17.9. The molecule has 0 spiro atoms. The first kappa shape index (κ1) is 24.9. The van der Waals surface area contributed by atoms with Crippen molar-refractivity contribution < 1.29 is 0 Å². The Bertz CT molecular complexity index is 1190. The smallest absolute Gasteiger partial charge is 0.209 e. The highest BCUT2D eigenvalue weighted by Crippen LogP contribution is 2.29. The number of benzene rings is 2. The Morgan fingerprint density at radius 3 is 2.69 bits per heavy atom. The molecule has 170 valence electrons. The summed E-state index contributed by atoms with van der Waals surface area (Å²) in [5.41, 5.74) is 4.85. The zero-order valence-corrected chi connectivity index (χ0v) is 21.0. The van der Waals surface area contributed by atoms with Gasteiger partial charge in [0.1, 0.15) is 0 Å². The van der Waals surface area contributed by atoms with Crippen molar-refractivity contribution >= 4 is 58.3 Å². The summed E-state index contributed by atoms with van der Waals surface area (Å²) in [4.78, 5) is 0. The van der Waals surface area contributed by atoms with E-state index in [1.807, 2.05) is 19.2 Å². The lowest BCUT2D eigenvalue weighted by Gasteiger charge is -2.11. The van der Waals surface area contributed by atoms with Crippen LogP contribution in [0.15, 0.2) is 47.6 Å². The largest absolute Gasteiger partial charge is 0.340 e. The molecule has 4 rings (SSSR count). The predicted octanol–water partition coefficient (Wildman–Crippen LogP) is 5.52. The van der Waals surface area contributed by atoms with E-state index in [0.29, 0.717) is 16.6 Å². The van der Waals surface area contributed by atoms with E-state index < -0.39 is 0 Å². The van der Waals surface area contributed by atoms with E-state index >= 15 is 0 Å². The first-order chi connectivity index (χ1) is 15.0. The SMILES string of the molecule is Cc1c(CNCCCSc2nnnn2C)c2ccccc2n1Cc1ccc(Cl)cc1Cl.Cl. The number of hydrogen-bond donors (Lipinski definition) is 1. The molecule has 0 aliphatic heterocycles. The van der Waals surface area contributed by atoms with Crippen LogP contribution in [0.25, 0.3) is 10.9 Å². The number of aromatic nitrogens is 5. The van der Waals surface area contributed by atoms with Gasteiger partial charge in [-0.2, -0.15) is 0 Å². The number of halogens is 3. The van der Waals surface area contributed by atoms with E-state index in [4.69, 9.17) is 23.2 Å². The van der Waals surface area contributed by atoms with Crippen molar-refractivity contribution in [1.82, 2.24) is 30.1 Å². The molecule has 1 N–H and O–H groups in total. The average molecular weight is 512 g/mol. The number of hydrogen-bond acceptors (Lipinski definition) is 5. The second-order valence-corrected chi connectivity index (χ2v) is 9.27. The Morgan fingerprint density at radius 2 is 1.94 bits per heavy atom. The molecule has 2 heterocycles. The van der Waals surface area contributed by atoms with Crippen LogP contribution in [0, 0.1) is 6.92 Å². The second kappa shape index (κ2) is 11.4. The van der Waals surface area contributed by atoms with Gasteiger partial charge in [0, 0.05) is 52.5 Å². The van der Waals surface area contributed by atoms with Crippen LogP contribution < -0.4 is 5.32 Å². The van der Waals surface area contributed by atoms with Gasteiger partial charge in [0.2, 0.25) is 5.16 Å². The number of aryl methyl sites for hydroxylation is 1. The third-order valence-electron chi connectivity index (χ3n) is 5.32. The number of para-hydroxylation sites is 1. The Balaban J connectivity index is 0.00000289. The second-order valence-electron chi connectivity index (χ2n) is 7.37. The molecular formula is C22H25Cl3N6S. The maximum atomic E-state index is 6.44. The van der Waals surface area contributed by atoms with Gasteiger partial charge in [-0.15, -0.1) is 17.5 Å². The molecule has 0 bridgehead atoms. The minimum Gasteiger partial charge on any atom is -0.340 e. The molecule has 0 aliphatic rings. The summed E-state index contributed by atoms with van der Waals surface area (Å²) in [5.74, 6) is 0.969. The lowest BCUT2D eigenvalue weighted by molar-refractivity contribution is 0.660. The molecule has 10 heteroatoms. The lowest BCUT2D eigenvalue weighted by Crippen LogP contribution is -2.16. The van der Waals surface area contributed by atoms with Crippen molar-refractivity contribution in [3.8, 4) is 0 Å². The van der Waals surface area contributed by atoms with Crippen molar-refractivity contribution in [3.63, 3.8) is 0 Å². The molecule has 0 unspecified atom stereocenters. The average Bonchev–Trinajstić information content (AvgIpc) is 3.28. The summed E-state index contributed by atoms with van der Waals surface area (Å²) >= 11 is 14.2. The first-order valence-electron chi connectivity index (χ1n) is 10.1. The highest BCUT2D eigenvalue weighted by molar-refractivity contribution is 7.99. The highest BCUT2D eigenvalue weighted by atomic mass is 35.5. The number of thioether (sulfide) groups is 1. The van der Waals surface area contributed by atoms with Crippen LogP contribution >= 0.6 is 47.4 Å². The summed E-state index contributed by atoms with van der Waals surface area (Å²) in [6.45, 7) is 4.65. The zero-order chi connectivity index (χ0) is 21.8. The molecule has 0 radical (unpaired) electrons. The van der Waals surface area contributed by atoms with Gasteiger partial charge in [0.15, 0.2) is 0 Å². The Hall–Kier alpha value is -1.77. The van der Waals surface area contributed by atoms with Crippen LogP contribution in [-0.4, -0.2) is 37.1 Å². The minimum atomic E-state index is 0. The van der Waals surface area contributed by atoms with Crippen LogP contribution in [0.2, 0.25) is 10.0 Å². The molecule has 0 saturated heterocycles. The number of tetrazole rings is 1. The van der Waals surface area contributed by atoms with Gasteiger partial charge in [0.05, 0.1) is 0 Å². The van der Waals surface area contributed by atoms with Gasteiger partial charge in [0.25, 0.3) is 0 Å². The maximum absolute atomic E-state index is 6.44. The summed E-state index contributed by atoms with van der Waals surface area (Å²) in [6, 6.07) is 14.2. The van der Waals surface area contributed by atoms with Crippen LogP contribution in [0.5, 0.6) is 0 Å². The maximum Gasteiger partial charge on any atom is 0.209 e. The summed E-state index contributed by atoms with van der Waals surface area (Å²) < 4.78 is 4.03. The van der Waals surface area contributed by atoms with Crippen LogP contribution in [0.4, 0.5) is 0 Å². The molecule has 0 aliphatic carbocycles. The van der Waals surface area contributed by atoms with Crippen molar-refractivity contribution in [2.45, 2.75) is 31.6 Å². The molecule has 4 aromatic rings. The van der Waals surface area contributed by atoms with E-state index in [1.165, 1.54) is 22.2 Å². The normalized spacial score (nSPS) is 11.1. The van der Waals surface area contributed by atoms with Crippen LogP contribution in [-0.2, 0) is 20.1 Å². The van der Waals surface area contributed by atoms with Gasteiger partial charge in [-0.1, -0.05) is 59.2 Å². The Labute approximate surface area is 208 Å². The fraction of sp³-hybridized carbons (Fsp3) is 0.318.